The van der Waals surface area contributed by atoms with Crippen molar-refractivity contribution >= 4 is 46.7 Å². The van der Waals surface area contributed by atoms with E-state index in [0.29, 0.717) is 34.8 Å². The number of allylic oxidation sites excluding steroid dienone is 5. The Balaban J connectivity index is 1.73. The van der Waals surface area contributed by atoms with E-state index in [-0.39, 0.29) is 28.1 Å². The first-order chi connectivity index (χ1) is 18.8. The highest BCUT2D eigenvalue weighted by Crippen LogP contribution is 2.48. The molecule has 0 amide bonds. The summed E-state index contributed by atoms with van der Waals surface area (Å²) in [7, 11) is 1.43. The van der Waals surface area contributed by atoms with E-state index >= 15 is 4.39 Å². The third kappa shape index (κ3) is 4.61. The van der Waals surface area contributed by atoms with Gasteiger partial charge in [0.15, 0.2) is 11.9 Å². The van der Waals surface area contributed by atoms with Gasteiger partial charge in [-0.15, -0.1) is 0 Å². The zero-order valence-corrected chi connectivity index (χ0v) is 22.3. The van der Waals surface area contributed by atoms with Gasteiger partial charge >= 0.3 is 0 Å². The Morgan fingerprint density at radius 1 is 1.13 bits per heavy atom. The van der Waals surface area contributed by atoms with Crippen LogP contribution >= 0.6 is 11.6 Å². The van der Waals surface area contributed by atoms with Crippen molar-refractivity contribution in [2.24, 2.45) is 5.92 Å². The molecular formula is C32H25ClFNO4. The number of ether oxygens (including phenoxy) is 1. The first-order valence-corrected chi connectivity index (χ1v) is 12.7. The lowest BCUT2D eigenvalue weighted by Crippen LogP contribution is -2.33. The second-order valence-electron chi connectivity index (χ2n) is 9.51. The summed E-state index contributed by atoms with van der Waals surface area (Å²) >= 11 is 6.43. The van der Waals surface area contributed by atoms with Crippen LogP contribution in [0.3, 0.4) is 0 Å². The van der Waals surface area contributed by atoms with Crippen molar-refractivity contribution in [3.63, 3.8) is 0 Å². The molecule has 4 aromatic rings. The largest absolute Gasteiger partial charge is 0.496 e. The zero-order chi connectivity index (χ0) is 27.7. The van der Waals surface area contributed by atoms with Crippen molar-refractivity contribution < 1.29 is 23.1 Å². The van der Waals surface area contributed by atoms with Gasteiger partial charge in [0.05, 0.1) is 23.1 Å². The molecular weight excluding hydrogens is 517 g/mol. The number of benzene rings is 3. The Bertz CT molecular complexity index is 1700. The van der Waals surface area contributed by atoms with E-state index < -0.39 is 11.2 Å². The van der Waals surface area contributed by atoms with E-state index in [1.807, 2.05) is 56.3 Å². The highest BCUT2D eigenvalue weighted by molar-refractivity contribution is 6.35. The van der Waals surface area contributed by atoms with Crippen LogP contribution < -0.4 is 4.74 Å². The number of aromatic nitrogens is 1. The monoisotopic (exact) mass is 541 g/mol. The average molecular weight is 542 g/mol. The predicted molar refractivity (Wildman–Crippen MR) is 151 cm³/mol. The lowest BCUT2D eigenvalue weighted by molar-refractivity contribution is 0.111. The fourth-order valence-electron chi connectivity index (χ4n) is 5.08. The van der Waals surface area contributed by atoms with Crippen LogP contribution in [0.2, 0.25) is 5.02 Å². The Kier molecular flexibility index (Phi) is 7.06. The van der Waals surface area contributed by atoms with Crippen molar-refractivity contribution in [1.82, 2.24) is 4.98 Å². The standard InChI is InChI=1S/C32H25ClFNO4/c1-19-7-4-5-8-24(19)25-9-6-12-32(20(25)2,16-27(34)22-10-11-23(18-37)29(15-22)38-3)31-35-28-14-21(17-36)13-26(33)30(28)39-31/h4-18,20H,1-3H3/b27-16-. The van der Waals surface area contributed by atoms with Crippen molar-refractivity contribution in [2.45, 2.75) is 19.3 Å². The SMILES string of the molecule is COc1cc(/C(F)=C/C2(c3nc4cc(C=O)cc(Cl)c4o3)C=CC=C(c3ccccc3C)C2C)ccc1C=O. The number of hydrogen-bond donors (Lipinski definition) is 0. The molecule has 5 rings (SSSR count). The molecule has 7 heteroatoms. The summed E-state index contributed by atoms with van der Waals surface area (Å²) < 4.78 is 27.7. The van der Waals surface area contributed by atoms with Gasteiger partial charge in [0, 0.05) is 17.0 Å². The summed E-state index contributed by atoms with van der Waals surface area (Å²) in [6.45, 7) is 4.02. The van der Waals surface area contributed by atoms with E-state index in [4.69, 9.17) is 25.7 Å². The number of methoxy groups -OCH3 is 1. The maximum atomic E-state index is 16.2. The number of aldehydes is 2. The van der Waals surface area contributed by atoms with Crippen molar-refractivity contribution in [2.75, 3.05) is 7.11 Å². The fraction of sp³-hybridized carbons (Fsp3) is 0.156. The normalized spacial score (nSPS) is 19.2. The van der Waals surface area contributed by atoms with Crippen molar-refractivity contribution in [3.8, 4) is 5.75 Å². The summed E-state index contributed by atoms with van der Waals surface area (Å²) in [6.07, 6.45) is 8.57. The van der Waals surface area contributed by atoms with Gasteiger partial charge in [0.25, 0.3) is 0 Å². The van der Waals surface area contributed by atoms with Gasteiger partial charge in [-0.1, -0.05) is 67.1 Å². The van der Waals surface area contributed by atoms with Crippen LogP contribution in [0.15, 0.2) is 83.3 Å². The van der Waals surface area contributed by atoms with Gasteiger partial charge in [-0.05, 0) is 54.0 Å². The van der Waals surface area contributed by atoms with Gasteiger partial charge < -0.3 is 9.15 Å². The molecule has 3 aromatic carbocycles. The number of aryl methyl sites for hydroxylation is 1. The summed E-state index contributed by atoms with van der Waals surface area (Å²) in [5.41, 5.74) is 3.56. The molecule has 0 bridgehead atoms. The summed E-state index contributed by atoms with van der Waals surface area (Å²) in [5, 5.41) is 0.240. The lowest BCUT2D eigenvalue weighted by Gasteiger charge is -2.35. The van der Waals surface area contributed by atoms with E-state index in [0.717, 1.165) is 16.7 Å². The summed E-state index contributed by atoms with van der Waals surface area (Å²) in [4.78, 5) is 27.5. The number of hydrogen-bond acceptors (Lipinski definition) is 5. The Morgan fingerprint density at radius 3 is 2.64 bits per heavy atom. The summed E-state index contributed by atoms with van der Waals surface area (Å²) in [5.74, 6) is -0.363. The molecule has 39 heavy (non-hydrogen) atoms. The average Bonchev–Trinajstić information content (AvgIpc) is 3.39. The second-order valence-corrected chi connectivity index (χ2v) is 9.91. The molecule has 1 heterocycles. The first kappa shape index (κ1) is 26.3. The Hall–Kier alpha value is -4.29. The molecule has 0 radical (unpaired) electrons. The van der Waals surface area contributed by atoms with E-state index in [9.17, 15) is 9.59 Å². The van der Waals surface area contributed by atoms with Crippen LogP contribution in [0.4, 0.5) is 4.39 Å². The topological polar surface area (TPSA) is 69.4 Å². The number of rotatable bonds is 7. The minimum absolute atomic E-state index is 0.233. The van der Waals surface area contributed by atoms with Crippen LogP contribution in [0, 0.1) is 12.8 Å². The molecule has 0 spiro atoms. The zero-order valence-electron chi connectivity index (χ0n) is 21.6. The Labute approximate surface area is 230 Å². The van der Waals surface area contributed by atoms with Crippen LogP contribution in [0.25, 0.3) is 22.5 Å². The number of nitrogens with zero attached hydrogens (tertiary/aromatic N) is 1. The van der Waals surface area contributed by atoms with E-state index in [1.165, 1.54) is 37.5 Å². The minimum Gasteiger partial charge on any atom is -0.496 e. The molecule has 1 aliphatic carbocycles. The first-order valence-electron chi connectivity index (χ1n) is 12.3. The summed E-state index contributed by atoms with van der Waals surface area (Å²) in [6, 6.07) is 15.6. The molecule has 0 fully saturated rings. The molecule has 0 aliphatic heterocycles. The number of carbonyl (C=O) groups is 2. The number of halogens is 2. The molecule has 0 N–H and O–H groups in total. The van der Waals surface area contributed by atoms with E-state index in [2.05, 4.69) is 0 Å². The van der Waals surface area contributed by atoms with Crippen molar-refractivity contribution in [3.05, 3.63) is 118 Å². The van der Waals surface area contributed by atoms with E-state index in [1.54, 1.807) is 6.07 Å². The highest BCUT2D eigenvalue weighted by Gasteiger charge is 2.43. The van der Waals surface area contributed by atoms with Gasteiger partial charge in [0.2, 0.25) is 5.89 Å². The molecule has 196 valence electrons. The maximum Gasteiger partial charge on any atom is 0.210 e. The minimum atomic E-state index is -1.16. The maximum absolute atomic E-state index is 16.2. The van der Waals surface area contributed by atoms with Gasteiger partial charge in [-0.2, -0.15) is 0 Å². The van der Waals surface area contributed by atoms with Gasteiger partial charge in [-0.3, -0.25) is 9.59 Å². The Morgan fingerprint density at radius 2 is 1.92 bits per heavy atom. The van der Waals surface area contributed by atoms with Crippen LogP contribution in [-0.4, -0.2) is 24.7 Å². The predicted octanol–water partition coefficient (Wildman–Crippen LogP) is 7.96. The third-order valence-electron chi connectivity index (χ3n) is 7.26. The second kappa shape index (κ2) is 10.5. The smallest absolute Gasteiger partial charge is 0.210 e. The van der Waals surface area contributed by atoms with Crippen LogP contribution in [-0.2, 0) is 5.41 Å². The molecule has 1 aromatic heterocycles. The lowest BCUT2D eigenvalue weighted by atomic mass is 9.67. The quantitative estimate of drug-likeness (QED) is 0.222. The van der Waals surface area contributed by atoms with Crippen molar-refractivity contribution in [1.29, 1.82) is 0 Å². The molecule has 2 atom stereocenters. The molecule has 0 saturated heterocycles. The molecule has 5 nitrogen and oxygen atoms in total. The molecule has 1 aliphatic rings. The van der Waals surface area contributed by atoms with Crippen LogP contribution in [0.5, 0.6) is 5.75 Å². The highest BCUT2D eigenvalue weighted by atomic mass is 35.5. The number of fused-ring (bicyclic) bond motifs is 1. The van der Waals surface area contributed by atoms with Gasteiger partial charge in [0.1, 0.15) is 23.4 Å². The fourth-order valence-corrected chi connectivity index (χ4v) is 5.35. The van der Waals surface area contributed by atoms with Gasteiger partial charge in [-0.25, -0.2) is 9.37 Å². The molecule has 2 unspecified atom stereocenters. The third-order valence-corrected chi connectivity index (χ3v) is 7.54. The number of oxazole rings is 1. The number of carbonyl (C=O) groups excluding carboxylic acids is 2. The van der Waals surface area contributed by atoms with Crippen LogP contribution in [0.1, 0.15) is 50.2 Å². The molecule has 0 saturated carbocycles.